The minimum atomic E-state index is -0.919. The molecule has 0 aliphatic carbocycles. The van der Waals surface area contributed by atoms with Crippen LogP contribution in [0.4, 0.5) is 4.79 Å². The zero-order valence-corrected chi connectivity index (χ0v) is 10.1. The van der Waals surface area contributed by atoms with Crippen molar-refractivity contribution >= 4 is 12.0 Å². The molecule has 1 aliphatic heterocycles. The van der Waals surface area contributed by atoms with Gasteiger partial charge in [0, 0.05) is 25.7 Å². The highest BCUT2D eigenvalue weighted by molar-refractivity contribution is 5.76. The molecule has 2 atom stereocenters. The highest BCUT2D eigenvalue weighted by Gasteiger charge is 2.26. The standard InChI is InChI=1S/C11H20N2O4/c1-8(6-10(15)16)12-11(17)13-4-2-9(7-13)3-5-14/h8-9,14H,2-7H2,1H3,(H,12,17)(H,15,16). The SMILES string of the molecule is CC(CC(=O)O)NC(=O)N1CCC(CCO)C1. The molecule has 1 aliphatic rings. The average molecular weight is 244 g/mol. The van der Waals surface area contributed by atoms with Gasteiger partial charge in [-0.1, -0.05) is 0 Å². The first kappa shape index (κ1) is 13.8. The van der Waals surface area contributed by atoms with Crippen LogP contribution < -0.4 is 5.32 Å². The molecule has 98 valence electrons. The van der Waals surface area contributed by atoms with E-state index in [9.17, 15) is 9.59 Å². The lowest BCUT2D eigenvalue weighted by Gasteiger charge is -2.20. The van der Waals surface area contributed by atoms with Crippen molar-refractivity contribution in [3.63, 3.8) is 0 Å². The molecule has 6 nitrogen and oxygen atoms in total. The first-order valence-corrected chi connectivity index (χ1v) is 5.91. The maximum absolute atomic E-state index is 11.7. The van der Waals surface area contributed by atoms with Gasteiger partial charge in [-0.05, 0) is 25.7 Å². The number of carboxylic acid groups (broad SMARTS) is 1. The van der Waals surface area contributed by atoms with Crippen LogP contribution in [0.3, 0.4) is 0 Å². The van der Waals surface area contributed by atoms with Gasteiger partial charge in [-0.2, -0.15) is 0 Å². The third-order valence-corrected chi connectivity index (χ3v) is 2.96. The number of hydrogen-bond donors (Lipinski definition) is 3. The van der Waals surface area contributed by atoms with Crippen molar-refractivity contribution in [3.05, 3.63) is 0 Å². The van der Waals surface area contributed by atoms with Crippen LogP contribution in [0.25, 0.3) is 0 Å². The van der Waals surface area contributed by atoms with Crippen molar-refractivity contribution in [2.45, 2.75) is 32.2 Å². The summed E-state index contributed by atoms with van der Waals surface area (Å²) >= 11 is 0. The van der Waals surface area contributed by atoms with Crippen LogP contribution >= 0.6 is 0 Å². The second-order valence-corrected chi connectivity index (χ2v) is 4.56. The number of aliphatic hydroxyl groups excluding tert-OH is 1. The normalized spacial score (nSPS) is 21.3. The number of urea groups is 1. The lowest BCUT2D eigenvalue weighted by Crippen LogP contribution is -2.43. The van der Waals surface area contributed by atoms with Gasteiger partial charge < -0.3 is 20.4 Å². The number of nitrogens with one attached hydrogen (secondary N) is 1. The predicted molar refractivity (Wildman–Crippen MR) is 61.6 cm³/mol. The van der Waals surface area contributed by atoms with Crippen LogP contribution in [0.2, 0.25) is 0 Å². The Balaban J connectivity index is 2.31. The van der Waals surface area contributed by atoms with Gasteiger partial charge >= 0.3 is 12.0 Å². The summed E-state index contributed by atoms with van der Waals surface area (Å²) in [6, 6.07) is -0.573. The molecule has 2 unspecified atom stereocenters. The van der Waals surface area contributed by atoms with Crippen LogP contribution in [0.15, 0.2) is 0 Å². The van der Waals surface area contributed by atoms with Gasteiger partial charge in [0.05, 0.1) is 6.42 Å². The van der Waals surface area contributed by atoms with Crippen LogP contribution in [-0.2, 0) is 4.79 Å². The molecule has 6 heteroatoms. The number of aliphatic hydroxyl groups is 1. The molecule has 0 radical (unpaired) electrons. The van der Waals surface area contributed by atoms with Crippen molar-refractivity contribution in [1.82, 2.24) is 10.2 Å². The van der Waals surface area contributed by atoms with E-state index in [2.05, 4.69) is 5.32 Å². The first-order chi connectivity index (χ1) is 8.02. The summed E-state index contributed by atoms with van der Waals surface area (Å²) < 4.78 is 0. The lowest BCUT2D eigenvalue weighted by molar-refractivity contribution is -0.137. The maximum Gasteiger partial charge on any atom is 0.317 e. The van der Waals surface area contributed by atoms with Crippen molar-refractivity contribution < 1.29 is 19.8 Å². The Morgan fingerprint density at radius 3 is 2.82 bits per heavy atom. The fourth-order valence-electron chi connectivity index (χ4n) is 2.05. The highest BCUT2D eigenvalue weighted by atomic mass is 16.4. The molecule has 1 rings (SSSR count). The zero-order valence-electron chi connectivity index (χ0n) is 10.1. The molecule has 1 saturated heterocycles. The number of amides is 2. The predicted octanol–water partition coefficient (Wildman–Crippen LogP) is 0.263. The Hall–Kier alpha value is -1.30. The molecule has 0 aromatic carbocycles. The highest BCUT2D eigenvalue weighted by Crippen LogP contribution is 2.19. The molecule has 0 aromatic rings. The van der Waals surface area contributed by atoms with E-state index in [1.807, 2.05) is 0 Å². The second-order valence-electron chi connectivity index (χ2n) is 4.56. The molecule has 0 aromatic heterocycles. The number of carboxylic acids is 1. The largest absolute Gasteiger partial charge is 0.481 e. The molecule has 0 saturated carbocycles. The summed E-state index contributed by atoms with van der Waals surface area (Å²) in [6.45, 7) is 3.14. The van der Waals surface area contributed by atoms with Crippen molar-refractivity contribution in [1.29, 1.82) is 0 Å². The number of likely N-dealkylation sites (tertiary alicyclic amines) is 1. The van der Waals surface area contributed by atoms with E-state index in [1.54, 1.807) is 11.8 Å². The Kier molecular flexibility index (Phi) is 5.21. The van der Waals surface area contributed by atoms with E-state index in [4.69, 9.17) is 10.2 Å². The number of carbonyl (C=O) groups is 2. The Morgan fingerprint density at radius 1 is 1.53 bits per heavy atom. The topological polar surface area (TPSA) is 89.9 Å². The third-order valence-electron chi connectivity index (χ3n) is 2.96. The monoisotopic (exact) mass is 244 g/mol. The van der Waals surface area contributed by atoms with Gasteiger partial charge in [0.25, 0.3) is 0 Å². The third kappa shape index (κ3) is 4.60. The quantitative estimate of drug-likeness (QED) is 0.647. The lowest BCUT2D eigenvalue weighted by atomic mass is 10.1. The summed E-state index contributed by atoms with van der Waals surface area (Å²) in [5.41, 5.74) is 0. The van der Waals surface area contributed by atoms with E-state index in [0.29, 0.717) is 25.4 Å². The van der Waals surface area contributed by atoms with E-state index in [1.165, 1.54) is 0 Å². The summed E-state index contributed by atoms with van der Waals surface area (Å²) in [4.78, 5) is 23.9. The van der Waals surface area contributed by atoms with Crippen LogP contribution in [-0.4, -0.2) is 52.9 Å². The molecule has 1 heterocycles. The fraction of sp³-hybridized carbons (Fsp3) is 0.818. The van der Waals surface area contributed by atoms with Gasteiger partial charge in [0.15, 0.2) is 0 Å². The maximum atomic E-state index is 11.7. The number of rotatable bonds is 5. The minimum absolute atomic E-state index is 0.0698. The average Bonchev–Trinajstić information content (AvgIpc) is 2.65. The molecule has 0 spiro atoms. The number of hydrogen-bond acceptors (Lipinski definition) is 3. The van der Waals surface area contributed by atoms with Gasteiger partial charge in [0.1, 0.15) is 0 Å². The molecule has 1 fully saturated rings. The first-order valence-electron chi connectivity index (χ1n) is 5.91. The van der Waals surface area contributed by atoms with Crippen LogP contribution in [0.5, 0.6) is 0 Å². The molecule has 3 N–H and O–H groups in total. The molecule has 2 amide bonds. The van der Waals surface area contributed by atoms with Crippen LogP contribution in [0, 0.1) is 5.92 Å². The summed E-state index contributed by atoms with van der Waals surface area (Å²) in [5, 5.41) is 20.1. The zero-order chi connectivity index (χ0) is 12.8. The van der Waals surface area contributed by atoms with Crippen molar-refractivity contribution in [3.8, 4) is 0 Å². The number of carbonyl (C=O) groups excluding carboxylic acids is 1. The van der Waals surface area contributed by atoms with Crippen LogP contribution in [0.1, 0.15) is 26.2 Å². The number of nitrogens with zero attached hydrogens (tertiary/aromatic N) is 1. The van der Waals surface area contributed by atoms with E-state index in [0.717, 1.165) is 6.42 Å². The molecule has 17 heavy (non-hydrogen) atoms. The smallest absolute Gasteiger partial charge is 0.317 e. The molecular formula is C11H20N2O4. The molecule has 0 bridgehead atoms. The fourth-order valence-corrected chi connectivity index (χ4v) is 2.05. The Labute approximate surface area is 101 Å². The van der Waals surface area contributed by atoms with Crippen molar-refractivity contribution in [2.24, 2.45) is 5.92 Å². The Bertz CT molecular complexity index is 283. The van der Waals surface area contributed by atoms with Gasteiger partial charge in [0.2, 0.25) is 0 Å². The number of aliphatic carboxylic acids is 1. The van der Waals surface area contributed by atoms with Gasteiger partial charge in [-0.15, -0.1) is 0 Å². The van der Waals surface area contributed by atoms with Gasteiger partial charge in [-0.25, -0.2) is 4.79 Å². The summed E-state index contributed by atoms with van der Waals surface area (Å²) in [7, 11) is 0. The van der Waals surface area contributed by atoms with E-state index in [-0.39, 0.29) is 25.1 Å². The van der Waals surface area contributed by atoms with E-state index < -0.39 is 5.97 Å². The summed E-state index contributed by atoms with van der Waals surface area (Å²) in [5.74, 6) is -0.557. The van der Waals surface area contributed by atoms with Crippen molar-refractivity contribution in [2.75, 3.05) is 19.7 Å². The van der Waals surface area contributed by atoms with E-state index >= 15 is 0 Å². The molecular weight excluding hydrogens is 224 g/mol. The van der Waals surface area contributed by atoms with Gasteiger partial charge in [-0.3, -0.25) is 4.79 Å². The summed E-state index contributed by atoms with van der Waals surface area (Å²) in [6.07, 6.45) is 1.55. The Morgan fingerprint density at radius 2 is 2.24 bits per heavy atom. The second kappa shape index (κ2) is 6.44. The minimum Gasteiger partial charge on any atom is -0.481 e.